The maximum Gasteiger partial charge on any atom is 0.272 e. The summed E-state index contributed by atoms with van der Waals surface area (Å²) < 4.78 is 2.02. The van der Waals surface area contributed by atoms with Gasteiger partial charge in [-0.1, -0.05) is 19.1 Å². The standard InChI is InChI=1S/C18H18N6OS/c1-2-13(18-19-7-8-26-18)21-17(25)15-9-12(22-23-15)10-24-11-20-14-5-3-4-6-16(14)24/h3-9,11,13H,2,10H2,1H3,(H,21,25)(H,22,23)/t13-/m1/s1. The molecule has 0 bridgehead atoms. The molecule has 2 N–H and O–H groups in total. The van der Waals surface area contributed by atoms with Crippen molar-refractivity contribution in [3.8, 4) is 0 Å². The van der Waals surface area contributed by atoms with Crippen molar-refractivity contribution in [1.29, 1.82) is 0 Å². The summed E-state index contributed by atoms with van der Waals surface area (Å²) in [7, 11) is 0. The van der Waals surface area contributed by atoms with Crippen LogP contribution in [0.5, 0.6) is 0 Å². The second kappa shape index (κ2) is 7.09. The van der Waals surface area contributed by atoms with E-state index < -0.39 is 0 Å². The van der Waals surface area contributed by atoms with Crippen molar-refractivity contribution in [1.82, 2.24) is 30.0 Å². The van der Waals surface area contributed by atoms with E-state index in [9.17, 15) is 4.79 Å². The number of para-hydroxylation sites is 2. The molecule has 1 aromatic carbocycles. The summed E-state index contributed by atoms with van der Waals surface area (Å²) in [5.74, 6) is -0.204. The van der Waals surface area contributed by atoms with E-state index in [0.29, 0.717) is 12.2 Å². The van der Waals surface area contributed by atoms with Gasteiger partial charge >= 0.3 is 0 Å². The summed E-state index contributed by atoms with van der Waals surface area (Å²) in [6.07, 6.45) is 4.31. The monoisotopic (exact) mass is 366 g/mol. The van der Waals surface area contributed by atoms with Crippen LogP contribution < -0.4 is 5.32 Å². The zero-order valence-electron chi connectivity index (χ0n) is 14.2. The maximum atomic E-state index is 12.5. The molecule has 0 spiro atoms. The third-order valence-electron chi connectivity index (χ3n) is 4.19. The summed E-state index contributed by atoms with van der Waals surface area (Å²) in [4.78, 5) is 21.2. The second-order valence-corrected chi connectivity index (χ2v) is 6.87. The lowest BCUT2D eigenvalue weighted by Gasteiger charge is -2.13. The highest BCUT2D eigenvalue weighted by atomic mass is 32.1. The van der Waals surface area contributed by atoms with Gasteiger partial charge in [-0.2, -0.15) is 5.10 Å². The van der Waals surface area contributed by atoms with Gasteiger partial charge in [-0.05, 0) is 24.6 Å². The van der Waals surface area contributed by atoms with Crippen molar-refractivity contribution in [2.45, 2.75) is 25.9 Å². The lowest BCUT2D eigenvalue weighted by molar-refractivity contribution is 0.0930. The van der Waals surface area contributed by atoms with Gasteiger partial charge in [0.05, 0.1) is 35.6 Å². The highest BCUT2D eigenvalue weighted by Crippen LogP contribution is 2.19. The van der Waals surface area contributed by atoms with Crippen LogP contribution in [0.2, 0.25) is 0 Å². The van der Waals surface area contributed by atoms with E-state index in [0.717, 1.165) is 28.2 Å². The SMILES string of the molecule is CC[C@@H](NC(=O)c1cc(Cn2cnc3ccccc32)[nH]n1)c1nccs1. The number of hydrogen-bond donors (Lipinski definition) is 2. The number of thiazole rings is 1. The minimum absolute atomic E-state index is 0.0970. The van der Waals surface area contributed by atoms with Crippen LogP contribution in [0.25, 0.3) is 11.0 Å². The number of imidazole rings is 1. The van der Waals surface area contributed by atoms with Crippen molar-refractivity contribution in [3.05, 3.63) is 64.6 Å². The number of nitrogens with zero attached hydrogens (tertiary/aromatic N) is 4. The van der Waals surface area contributed by atoms with Crippen molar-refractivity contribution in [2.24, 2.45) is 0 Å². The van der Waals surface area contributed by atoms with Gasteiger partial charge in [0.1, 0.15) is 10.7 Å². The van der Waals surface area contributed by atoms with Gasteiger partial charge in [-0.15, -0.1) is 11.3 Å². The molecule has 0 radical (unpaired) electrons. The summed E-state index contributed by atoms with van der Waals surface area (Å²) in [5.41, 5.74) is 3.21. The normalized spacial score (nSPS) is 12.3. The van der Waals surface area contributed by atoms with Crippen molar-refractivity contribution >= 4 is 28.3 Å². The molecule has 0 aliphatic heterocycles. The number of carbonyl (C=O) groups excluding carboxylic acids is 1. The zero-order chi connectivity index (χ0) is 17.9. The average molecular weight is 366 g/mol. The first kappa shape index (κ1) is 16.5. The fourth-order valence-corrected chi connectivity index (χ4v) is 3.63. The fourth-order valence-electron chi connectivity index (χ4n) is 2.86. The molecule has 3 heterocycles. The zero-order valence-corrected chi connectivity index (χ0v) is 15.0. The molecule has 0 aliphatic carbocycles. The Kier molecular flexibility index (Phi) is 4.49. The Bertz CT molecular complexity index is 1020. The van der Waals surface area contributed by atoms with Crippen LogP contribution in [0.4, 0.5) is 0 Å². The van der Waals surface area contributed by atoms with Gasteiger partial charge in [-0.25, -0.2) is 9.97 Å². The van der Waals surface area contributed by atoms with Gasteiger partial charge in [0.15, 0.2) is 0 Å². The lowest BCUT2D eigenvalue weighted by Crippen LogP contribution is -2.28. The molecular weight excluding hydrogens is 348 g/mol. The molecule has 8 heteroatoms. The molecule has 1 amide bonds. The average Bonchev–Trinajstić information content (AvgIpc) is 3.41. The maximum absolute atomic E-state index is 12.5. The summed E-state index contributed by atoms with van der Waals surface area (Å²) >= 11 is 1.54. The molecule has 4 aromatic rings. The minimum atomic E-state index is -0.204. The van der Waals surface area contributed by atoms with Crippen molar-refractivity contribution < 1.29 is 4.79 Å². The molecule has 0 aliphatic rings. The fraction of sp³-hybridized carbons (Fsp3) is 0.222. The quantitative estimate of drug-likeness (QED) is 0.549. The molecule has 132 valence electrons. The van der Waals surface area contributed by atoms with Gasteiger partial charge in [-0.3, -0.25) is 9.89 Å². The van der Waals surface area contributed by atoms with E-state index in [2.05, 4.69) is 25.5 Å². The smallest absolute Gasteiger partial charge is 0.272 e. The molecule has 0 saturated heterocycles. The van der Waals surface area contributed by atoms with Gasteiger partial charge in [0.25, 0.3) is 5.91 Å². The van der Waals surface area contributed by atoms with Crippen LogP contribution in [0.1, 0.15) is 40.6 Å². The third kappa shape index (κ3) is 3.23. The van der Waals surface area contributed by atoms with Crippen LogP contribution in [-0.4, -0.2) is 30.6 Å². The lowest BCUT2D eigenvalue weighted by atomic mass is 10.2. The highest BCUT2D eigenvalue weighted by molar-refractivity contribution is 7.09. The van der Waals surface area contributed by atoms with E-state index >= 15 is 0 Å². The van der Waals surface area contributed by atoms with E-state index in [4.69, 9.17) is 0 Å². The number of aromatic amines is 1. The first-order valence-electron chi connectivity index (χ1n) is 8.39. The number of H-pyrrole nitrogens is 1. The first-order valence-corrected chi connectivity index (χ1v) is 9.27. The Hall–Kier alpha value is -3.00. The molecular formula is C18H18N6OS. The first-order chi connectivity index (χ1) is 12.7. The van der Waals surface area contributed by atoms with Crippen LogP contribution in [-0.2, 0) is 6.54 Å². The number of carbonyl (C=O) groups is 1. The van der Waals surface area contributed by atoms with Crippen LogP contribution in [0.3, 0.4) is 0 Å². The Morgan fingerprint density at radius 2 is 2.23 bits per heavy atom. The Morgan fingerprint density at radius 3 is 3.04 bits per heavy atom. The summed E-state index contributed by atoms with van der Waals surface area (Å²) in [6.45, 7) is 2.59. The van der Waals surface area contributed by atoms with Crippen molar-refractivity contribution in [3.63, 3.8) is 0 Å². The van der Waals surface area contributed by atoms with Crippen LogP contribution >= 0.6 is 11.3 Å². The van der Waals surface area contributed by atoms with Crippen LogP contribution in [0, 0.1) is 0 Å². The molecule has 7 nitrogen and oxygen atoms in total. The number of rotatable bonds is 6. The molecule has 3 aromatic heterocycles. The van der Waals surface area contributed by atoms with E-state index in [1.165, 1.54) is 11.3 Å². The van der Waals surface area contributed by atoms with E-state index in [1.807, 2.05) is 41.1 Å². The van der Waals surface area contributed by atoms with Gasteiger partial charge < -0.3 is 9.88 Å². The van der Waals surface area contributed by atoms with E-state index in [1.54, 1.807) is 18.6 Å². The molecule has 4 rings (SSSR count). The third-order valence-corrected chi connectivity index (χ3v) is 5.08. The molecule has 26 heavy (non-hydrogen) atoms. The predicted octanol–water partition coefficient (Wildman–Crippen LogP) is 3.15. The Labute approximate surface area is 154 Å². The number of amides is 1. The molecule has 0 unspecified atom stereocenters. The second-order valence-electron chi connectivity index (χ2n) is 5.94. The summed E-state index contributed by atoms with van der Waals surface area (Å²) in [5, 5.41) is 12.9. The highest BCUT2D eigenvalue weighted by Gasteiger charge is 2.18. The van der Waals surface area contributed by atoms with E-state index in [-0.39, 0.29) is 11.9 Å². The number of benzene rings is 1. The van der Waals surface area contributed by atoms with Crippen LogP contribution in [0.15, 0.2) is 48.2 Å². The summed E-state index contributed by atoms with van der Waals surface area (Å²) in [6, 6.07) is 9.62. The number of aromatic nitrogens is 5. The predicted molar refractivity (Wildman–Crippen MR) is 100 cm³/mol. The molecule has 0 fully saturated rings. The number of nitrogens with one attached hydrogen (secondary N) is 2. The number of fused-ring (bicyclic) bond motifs is 1. The van der Waals surface area contributed by atoms with Gasteiger partial charge in [0.2, 0.25) is 0 Å². The number of hydrogen-bond acceptors (Lipinski definition) is 5. The van der Waals surface area contributed by atoms with Crippen molar-refractivity contribution in [2.75, 3.05) is 0 Å². The minimum Gasteiger partial charge on any atom is -0.341 e. The molecule has 1 atom stereocenters. The Balaban J connectivity index is 1.48. The largest absolute Gasteiger partial charge is 0.341 e. The topological polar surface area (TPSA) is 88.5 Å². The Morgan fingerprint density at radius 1 is 1.35 bits per heavy atom. The molecule has 0 saturated carbocycles. The van der Waals surface area contributed by atoms with Gasteiger partial charge in [0, 0.05) is 11.6 Å².